The largest absolute Gasteiger partial charge is 0.481 e. The third-order valence-corrected chi connectivity index (χ3v) is 5.79. The zero-order valence-electron chi connectivity index (χ0n) is 12.4. The first-order valence-electron chi connectivity index (χ1n) is 7.19. The van der Waals surface area contributed by atoms with E-state index in [1.54, 1.807) is 17.6 Å². The molecule has 0 radical (unpaired) electrons. The van der Waals surface area contributed by atoms with Gasteiger partial charge in [0.1, 0.15) is 0 Å². The molecular weight excluding hydrogens is 290 g/mol. The number of hydrogen-bond donors (Lipinski definition) is 0. The van der Waals surface area contributed by atoms with Gasteiger partial charge in [0.15, 0.2) is 0 Å². The third kappa shape index (κ3) is 2.77. The van der Waals surface area contributed by atoms with Gasteiger partial charge in [-0.1, -0.05) is 6.07 Å². The maximum absolute atomic E-state index is 11.8. The lowest BCUT2D eigenvalue weighted by molar-refractivity contribution is 0.236. The van der Waals surface area contributed by atoms with Crippen molar-refractivity contribution in [2.24, 2.45) is 0 Å². The molecule has 6 nitrogen and oxygen atoms in total. The molecule has 7 heteroatoms. The van der Waals surface area contributed by atoms with E-state index < -0.39 is 10.0 Å². The molecule has 0 spiro atoms. The van der Waals surface area contributed by atoms with Gasteiger partial charge in [0.05, 0.1) is 13.4 Å². The number of fused-ring (bicyclic) bond motifs is 1. The standard InChI is InChI=1S/C14H21N3O3S/c1-20-14-11(4-3-7-15-14)10-16-8-5-13-12(16)6-9-17(13)21(2,18)19/h3-4,7,12-13H,5-6,8-10H2,1-2H3/t12-,13+/m1/s1. The number of pyridine rings is 1. The molecule has 0 N–H and O–H groups in total. The second kappa shape index (κ2) is 5.55. The Labute approximate surface area is 125 Å². The molecule has 2 aliphatic heterocycles. The summed E-state index contributed by atoms with van der Waals surface area (Å²) < 4.78 is 30.6. The summed E-state index contributed by atoms with van der Waals surface area (Å²) in [7, 11) is -1.47. The number of sulfonamides is 1. The Hall–Kier alpha value is -1.18. The first-order chi connectivity index (χ1) is 10.0. The van der Waals surface area contributed by atoms with Gasteiger partial charge < -0.3 is 4.74 Å². The summed E-state index contributed by atoms with van der Waals surface area (Å²) in [6.45, 7) is 2.31. The minimum Gasteiger partial charge on any atom is -0.481 e. The van der Waals surface area contributed by atoms with Crippen molar-refractivity contribution in [3.63, 3.8) is 0 Å². The van der Waals surface area contributed by atoms with Gasteiger partial charge in [-0.3, -0.25) is 4.90 Å². The SMILES string of the molecule is COc1ncccc1CN1CC[C@H]2[C@H]1CCN2S(C)(=O)=O. The second-order valence-electron chi connectivity index (χ2n) is 5.73. The van der Waals surface area contributed by atoms with Crippen LogP contribution in [-0.4, -0.2) is 61.1 Å². The summed E-state index contributed by atoms with van der Waals surface area (Å²) in [5.41, 5.74) is 1.05. The Kier molecular flexibility index (Phi) is 3.90. The molecule has 3 heterocycles. The molecule has 0 aliphatic carbocycles. The fraction of sp³-hybridized carbons (Fsp3) is 0.643. The molecule has 1 aromatic rings. The van der Waals surface area contributed by atoms with E-state index in [0.29, 0.717) is 18.5 Å². The highest BCUT2D eigenvalue weighted by atomic mass is 32.2. The van der Waals surface area contributed by atoms with E-state index >= 15 is 0 Å². The third-order valence-electron chi connectivity index (χ3n) is 4.48. The number of likely N-dealkylation sites (tertiary alicyclic amines) is 1. The fourth-order valence-electron chi connectivity index (χ4n) is 3.59. The zero-order chi connectivity index (χ0) is 15.0. The fourth-order valence-corrected chi connectivity index (χ4v) is 4.77. The molecule has 116 valence electrons. The Morgan fingerprint density at radius 1 is 1.33 bits per heavy atom. The summed E-state index contributed by atoms with van der Waals surface area (Å²) >= 11 is 0. The van der Waals surface area contributed by atoms with Crippen LogP contribution in [0.3, 0.4) is 0 Å². The lowest BCUT2D eigenvalue weighted by Crippen LogP contribution is -2.39. The number of hydrogen-bond acceptors (Lipinski definition) is 5. The topological polar surface area (TPSA) is 62.7 Å². The number of aromatic nitrogens is 1. The zero-order valence-corrected chi connectivity index (χ0v) is 13.2. The molecule has 0 saturated carbocycles. The Balaban J connectivity index is 1.75. The van der Waals surface area contributed by atoms with Crippen LogP contribution < -0.4 is 4.74 Å². The smallest absolute Gasteiger partial charge is 0.217 e. The molecule has 0 unspecified atom stereocenters. The summed E-state index contributed by atoms with van der Waals surface area (Å²) in [6.07, 6.45) is 4.83. The van der Waals surface area contributed by atoms with E-state index in [1.807, 2.05) is 12.1 Å². The van der Waals surface area contributed by atoms with Crippen LogP contribution in [0.4, 0.5) is 0 Å². The van der Waals surface area contributed by atoms with Crippen LogP contribution in [0, 0.1) is 0 Å². The Morgan fingerprint density at radius 2 is 2.10 bits per heavy atom. The lowest BCUT2D eigenvalue weighted by Gasteiger charge is -2.24. The van der Waals surface area contributed by atoms with Crippen LogP contribution in [0.1, 0.15) is 18.4 Å². The predicted octanol–water partition coefficient (Wildman–Crippen LogP) is 0.698. The van der Waals surface area contributed by atoms with Crippen molar-refractivity contribution in [2.45, 2.75) is 31.5 Å². The Bertz CT molecular complexity index is 620. The summed E-state index contributed by atoms with van der Waals surface area (Å²) in [4.78, 5) is 6.58. The van der Waals surface area contributed by atoms with E-state index in [2.05, 4.69) is 9.88 Å². The van der Waals surface area contributed by atoms with Crippen LogP contribution in [-0.2, 0) is 16.6 Å². The number of ether oxygens (including phenoxy) is 1. The van der Waals surface area contributed by atoms with Crippen molar-refractivity contribution in [3.05, 3.63) is 23.9 Å². The van der Waals surface area contributed by atoms with E-state index in [0.717, 1.165) is 31.5 Å². The second-order valence-corrected chi connectivity index (χ2v) is 7.66. The molecule has 2 fully saturated rings. The van der Waals surface area contributed by atoms with Crippen LogP contribution in [0.15, 0.2) is 18.3 Å². The van der Waals surface area contributed by atoms with Crippen LogP contribution in [0.25, 0.3) is 0 Å². The minimum absolute atomic E-state index is 0.127. The van der Waals surface area contributed by atoms with E-state index in [4.69, 9.17) is 4.74 Å². The number of nitrogens with zero attached hydrogens (tertiary/aromatic N) is 3. The molecule has 21 heavy (non-hydrogen) atoms. The van der Waals surface area contributed by atoms with Crippen molar-refractivity contribution < 1.29 is 13.2 Å². The number of rotatable bonds is 4. The van der Waals surface area contributed by atoms with Crippen LogP contribution in [0.5, 0.6) is 5.88 Å². The molecule has 3 rings (SSSR count). The van der Waals surface area contributed by atoms with Crippen molar-refractivity contribution in [1.29, 1.82) is 0 Å². The monoisotopic (exact) mass is 311 g/mol. The normalized spacial score (nSPS) is 27.0. The van der Waals surface area contributed by atoms with Crippen LogP contribution >= 0.6 is 0 Å². The maximum atomic E-state index is 11.8. The first kappa shape index (κ1) is 14.7. The molecule has 2 atom stereocenters. The van der Waals surface area contributed by atoms with Gasteiger partial charge in [0.25, 0.3) is 0 Å². The van der Waals surface area contributed by atoms with Gasteiger partial charge in [-0.15, -0.1) is 0 Å². The molecule has 1 aromatic heterocycles. The average Bonchev–Trinajstić information content (AvgIpc) is 3.01. The van der Waals surface area contributed by atoms with Gasteiger partial charge in [-0.25, -0.2) is 13.4 Å². The molecule has 2 aliphatic rings. The molecule has 0 aromatic carbocycles. The van der Waals surface area contributed by atoms with Gasteiger partial charge in [0.2, 0.25) is 15.9 Å². The highest BCUT2D eigenvalue weighted by molar-refractivity contribution is 7.88. The first-order valence-corrected chi connectivity index (χ1v) is 9.04. The van der Waals surface area contributed by atoms with Gasteiger partial charge in [-0.2, -0.15) is 4.31 Å². The van der Waals surface area contributed by atoms with Gasteiger partial charge >= 0.3 is 0 Å². The van der Waals surface area contributed by atoms with Crippen LogP contribution in [0.2, 0.25) is 0 Å². The maximum Gasteiger partial charge on any atom is 0.217 e. The highest BCUT2D eigenvalue weighted by Gasteiger charge is 2.45. The van der Waals surface area contributed by atoms with Gasteiger partial charge in [0, 0.05) is 43.5 Å². The lowest BCUT2D eigenvalue weighted by atomic mass is 10.1. The predicted molar refractivity (Wildman–Crippen MR) is 79.6 cm³/mol. The summed E-state index contributed by atoms with van der Waals surface area (Å²) in [5, 5.41) is 0. The van der Waals surface area contributed by atoms with Crippen molar-refractivity contribution in [1.82, 2.24) is 14.2 Å². The van der Waals surface area contributed by atoms with Gasteiger partial charge in [-0.05, 0) is 18.9 Å². The van der Waals surface area contributed by atoms with E-state index in [-0.39, 0.29) is 6.04 Å². The quantitative estimate of drug-likeness (QED) is 0.819. The average molecular weight is 311 g/mol. The summed E-state index contributed by atoms with van der Waals surface area (Å²) in [6, 6.07) is 4.36. The minimum atomic E-state index is -3.10. The van der Waals surface area contributed by atoms with Crippen molar-refractivity contribution >= 4 is 10.0 Å². The Morgan fingerprint density at radius 3 is 2.81 bits per heavy atom. The van der Waals surface area contributed by atoms with Crippen molar-refractivity contribution in [3.8, 4) is 5.88 Å². The molecule has 0 amide bonds. The summed E-state index contributed by atoms with van der Waals surface area (Å²) in [5.74, 6) is 0.652. The molecule has 2 saturated heterocycles. The van der Waals surface area contributed by atoms with E-state index in [1.165, 1.54) is 6.26 Å². The molecular formula is C14H21N3O3S. The van der Waals surface area contributed by atoms with Crippen molar-refractivity contribution in [2.75, 3.05) is 26.5 Å². The highest BCUT2D eigenvalue weighted by Crippen LogP contribution is 2.34. The van der Waals surface area contributed by atoms with E-state index in [9.17, 15) is 8.42 Å². The molecule has 0 bridgehead atoms. The number of methoxy groups -OCH3 is 1.